The van der Waals surface area contributed by atoms with Crippen LogP contribution in [0.15, 0.2) is 41.3 Å². The van der Waals surface area contributed by atoms with Crippen LogP contribution in [-0.4, -0.2) is 61.5 Å². The number of nitrogens with zero attached hydrogens (tertiary/aromatic N) is 1. The molecule has 0 saturated carbocycles. The molecule has 1 aliphatic rings. The van der Waals surface area contributed by atoms with Crippen LogP contribution in [0.5, 0.6) is 5.75 Å². The minimum absolute atomic E-state index is 0.0543. The molecule has 0 aliphatic carbocycles. The average molecular weight is 505 g/mol. The Labute approximate surface area is 202 Å². The van der Waals surface area contributed by atoms with E-state index in [9.17, 15) is 22.8 Å². The van der Waals surface area contributed by atoms with Crippen LogP contribution in [0, 0.1) is 0 Å². The first-order valence-corrected chi connectivity index (χ1v) is 12.5. The van der Waals surface area contributed by atoms with E-state index in [0.29, 0.717) is 16.7 Å². The van der Waals surface area contributed by atoms with Crippen LogP contribution in [0.4, 0.5) is 0 Å². The van der Waals surface area contributed by atoms with Crippen molar-refractivity contribution in [3.63, 3.8) is 0 Å². The molecule has 9 nitrogen and oxygen atoms in total. The van der Waals surface area contributed by atoms with Gasteiger partial charge in [0, 0.05) is 23.2 Å². The third-order valence-electron chi connectivity index (χ3n) is 5.23. The van der Waals surface area contributed by atoms with Gasteiger partial charge in [0.2, 0.25) is 0 Å². The van der Waals surface area contributed by atoms with Crippen LogP contribution >= 0.6 is 12.2 Å². The molecule has 2 aromatic carbocycles. The number of ether oxygens (including phenoxy) is 2. The highest BCUT2D eigenvalue weighted by Gasteiger charge is 2.30. The Hall–Kier alpha value is -3.31. The molecule has 0 fully saturated rings. The second-order valence-electron chi connectivity index (χ2n) is 7.48. The molecule has 11 heteroatoms. The first-order chi connectivity index (χ1) is 16.1. The first-order valence-electron chi connectivity index (χ1n) is 10.5. The number of ketones is 1. The number of carbonyl (C=O) groups excluding carboxylic acids is 3. The van der Waals surface area contributed by atoms with E-state index in [1.54, 1.807) is 25.1 Å². The monoisotopic (exact) mass is 504 g/mol. The van der Waals surface area contributed by atoms with Crippen LogP contribution in [0.1, 0.15) is 45.7 Å². The molecule has 1 heterocycles. The lowest BCUT2D eigenvalue weighted by atomic mass is 10.1. The van der Waals surface area contributed by atoms with E-state index in [-0.39, 0.29) is 52.6 Å². The summed E-state index contributed by atoms with van der Waals surface area (Å²) < 4.78 is 35.4. The van der Waals surface area contributed by atoms with E-state index in [1.807, 2.05) is 0 Å². The summed E-state index contributed by atoms with van der Waals surface area (Å²) in [5.41, 5.74) is 7.55. The second-order valence-corrected chi connectivity index (χ2v) is 10.2. The van der Waals surface area contributed by atoms with Gasteiger partial charge in [0.1, 0.15) is 15.6 Å². The molecule has 2 N–H and O–H groups in total. The van der Waals surface area contributed by atoms with E-state index in [2.05, 4.69) is 0 Å². The molecule has 1 aliphatic heterocycles. The summed E-state index contributed by atoms with van der Waals surface area (Å²) >= 11 is 4.97. The summed E-state index contributed by atoms with van der Waals surface area (Å²) in [7, 11) is -3.77. The SMILES string of the molecule is CCOC(=O)COc1ccc(C(=O)CN2Cc3cc(C(N)=S)ccc3C2=O)cc1S(=O)(=O)CC. The number of nitrogens with two attached hydrogens (primary N) is 1. The number of hydrogen-bond donors (Lipinski definition) is 1. The van der Waals surface area contributed by atoms with E-state index in [0.717, 1.165) is 0 Å². The number of rotatable bonds is 10. The third kappa shape index (κ3) is 5.42. The third-order valence-corrected chi connectivity index (χ3v) is 7.22. The number of hydrogen-bond acceptors (Lipinski definition) is 8. The number of esters is 1. The highest BCUT2D eigenvalue weighted by molar-refractivity contribution is 7.91. The summed E-state index contributed by atoms with van der Waals surface area (Å²) in [5.74, 6) is -1.69. The maximum atomic E-state index is 13.0. The van der Waals surface area contributed by atoms with Gasteiger partial charge < -0.3 is 20.1 Å². The van der Waals surface area contributed by atoms with Crippen LogP contribution < -0.4 is 10.5 Å². The molecule has 2 aromatic rings. The molecule has 0 atom stereocenters. The number of Topliss-reactive ketones (excluding diaryl/α,β-unsaturated/α-hetero) is 1. The summed E-state index contributed by atoms with van der Waals surface area (Å²) in [6.45, 7) is 2.75. The van der Waals surface area contributed by atoms with Gasteiger partial charge in [0.25, 0.3) is 5.91 Å². The molecule has 0 radical (unpaired) electrons. The maximum Gasteiger partial charge on any atom is 0.344 e. The fraction of sp³-hybridized carbons (Fsp3) is 0.304. The van der Waals surface area contributed by atoms with Gasteiger partial charge in [-0.05, 0) is 42.8 Å². The molecule has 180 valence electrons. The number of fused-ring (bicyclic) bond motifs is 1. The van der Waals surface area contributed by atoms with Crippen LogP contribution in [0.25, 0.3) is 0 Å². The van der Waals surface area contributed by atoms with Gasteiger partial charge in [-0.1, -0.05) is 25.2 Å². The Morgan fingerprint density at radius 1 is 1.12 bits per heavy atom. The quantitative estimate of drug-likeness (QED) is 0.292. The standard InChI is InChI=1S/C23H24N2O7S2/c1-3-31-21(27)13-32-19-8-6-14(10-20(19)34(29,30)4-2)18(26)12-25-11-16-9-15(22(24)33)5-7-17(16)23(25)28/h5-10H,3-4,11-13H2,1-2H3,(H2,24,33). The van der Waals surface area contributed by atoms with Crippen molar-refractivity contribution in [3.8, 4) is 5.75 Å². The summed E-state index contributed by atoms with van der Waals surface area (Å²) in [5, 5.41) is 0. The second kappa shape index (κ2) is 10.3. The lowest BCUT2D eigenvalue weighted by Crippen LogP contribution is -2.30. The van der Waals surface area contributed by atoms with Crippen molar-refractivity contribution < 1.29 is 32.3 Å². The molecule has 0 saturated heterocycles. The van der Waals surface area contributed by atoms with Crippen molar-refractivity contribution >= 4 is 44.7 Å². The summed E-state index contributed by atoms with van der Waals surface area (Å²) in [4.78, 5) is 38.6. The number of thiocarbonyl (C=S) groups is 1. The molecule has 0 unspecified atom stereocenters. The predicted octanol–water partition coefficient (Wildman–Crippen LogP) is 1.90. The molecule has 0 bridgehead atoms. The van der Waals surface area contributed by atoms with Crippen molar-refractivity contribution in [2.75, 3.05) is 25.5 Å². The van der Waals surface area contributed by atoms with Crippen molar-refractivity contribution in [1.29, 1.82) is 0 Å². The lowest BCUT2D eigenvalue weighted by Gasteiger charge is -2.16. The van der Waals surface area contributed by atoms with E-state index in [1.165, 1.54) is 30.0 Å². The summed E-state index contributed by atoms with van der Waals surface area (Å²) in [6, 6.07) is 8.93. The van der Waals surface area contributed by atoms with Gasteiger partial charge in [0.15, 0.2) is 22.2 Å². The Balaban J connectivity index is 1.82. The Morgan fingerprint density at radius 2 is 1.82 bits per heavy atom. The fourth-order valence-electron chi connectivity index (χ4n) is 3.47. The molecular formula is C23H24N2O7S2. The maximum absolute atomic E-state index is 13.0. The largest absolute Gasteiger partial charge is 0.481 e. The van der Waals surface area contributed by atoms with Crippen molar-refractivity contribution in [2.45, 2.75) is 25.3 Å². The van der Waals surface area contributed by atoms with Gasteiger partial charge in [0.05, 0.1) is 18.9 Å². The zero-order valence-electron chi connectivity index (χ0n) is 18.7. The smallest absolute Gasteiger partial charge is 0.344 e. The predicted molar refractivity (Wildman–Crippen MR) is 128 cm³/mol. The van der Waals surface area contributed by atoms with Gasteiger partial charge >= 0.3 is 5.97 Å². The Kier molecular flexibility index (Phi) is 7.68. The molecular weight excluding hydrogens is 480 g/mol. The minimum Gasteiger partial charge on any atom is -0.481 e. The van der Waals surface area contributed by atoms with E-state index < -0.39 is 28.2 Å². The summed E-state index contributed by atoms with van der Waals surface area (Å²) in [6.07, 6.45) is 0. The number of sulfone groups is 1. The van der Waals surface area contributed by atoms with E-state index in [4.69, 9.17) is 27.4 Å². The molecule has 34 heavy (non-hydrogen) atoms. The molecule has 0 aromatic heterocycles. The molecule has 3 rings (SSSR count). The van der Waals surface area contributed by atoms with Crippen molar-refractivity contribution in [2.24, 2.45) is 5.73 Å². The van der Waals surface area contributed by atoms with E-state index >= 15 is 0 Å². The Bertz CT molecular complexity index is 1270. The Morgan fingerprint density at radius 3 is 2.47 bits per heavy atom. The molecule has 0 spiro atoms. The van der Waals surface area contributed by atoms with Crippen LogP contribution in [0.2, 0.25) is 0 Å². The van der Waals surface area contributed by atoms with Gasteiger partial charge in [-0.2, -0.15) is 0 Å². The van der Waals surface area contributed by atoms with Gasteiger partial charge in [-0.15, -0.1) is 0 Å². The molecule has 1 amide bonds. The normalized spacial score (nSPS) is 12.9. The van der Waals surface area contributed by atoms with Gasteiger partial charge in [-0.3, -0.25) is 9.59 Å². The highest BCUT2D eigenvalue weighted by Crippen LogP contribution is 2.28. The van der Waals surface area contributed by atoms with Crippen LogP contribution in [0.3, 0.4) is 0 Å². The number of amides is 1. The lowest BCUT2D eigenvalue weighted by molar-refractivity contribution is -0.145. The van der Waals surface area contributed by atoms with Crippen molar-refractivity contribution in [3.05, 3.63) is 58.7 Å². The van der Waals surface area contributed by atoms with Gasteiger partial charge in [-0.25, -0.2) is 13.2 Å². The zero-order chi connectivity index (χ0) is 25.0. The topological polar surface area (TPSA) is 133 Å². The number of benzene rings is 2. The zero-order valence-corrected chi connectivity index (χ0v) is 20.3. The van der Waals surface area contributed by atoms with Crippen molar-refractivity contribution in [1.82, 2.24) is 4.90 Å². The average Bonchev–Trinajstić information content (AvgIpc) is 3.12. The van der Waals surface area contributed by atoms with Crippen LogP contribution in [-0.2, 0) is 25.9 Å². The minimum atomic E-state index is -3.77. The number of carbonyl (C=O) groups is 3. The highest BCUT2D eigenvalue weighted by atomic mass is 32.2. The first kappa shape index (κ1) is 25.3. The fourth-order valence-corrected chi connectivity index (χ4v) is 4.64.